The molecule has 16 heavy (non-hydrogen) atoms. The molecule has 1 aromatic heterocycles. The third-order valence-corrected chi connectivity index (χ3v) is 2.16. The van der Waals surface area contributed by atoms with Gasteiger partial charge in [0.1, 0.15) is 5.69 Å². The summed E-state index contributed by atoms with van der Waals surface area (Å²) in [5.74, 6) is -0.216. The molecule has 82 valence electrons. The van der Waals surface area contributed by atoms with Crippen molar-refractivity contribution in [2.45, 2.75) is 6.54 Å². The van der Waals surface area contributed by atoms with Gasteiger partial charge in [-0.15, -0.1) is 0 Å². The van der Waals surface area contributed by atoms with Gasteiger partial charge in [-0.2, -0.15) is 0 Å². The molecule has 5 heteroatoms. The molecule has 0 bridgehead atoms. The molecule has 4 N–H and O–H groups in total. The molecular weight excluding hydrogens is 204 g/mol. The average Bonchev–Trinajstić information content (AvgIpc) is 2.83. The molecule has 1 aromatic carbocycles. The number of rotatable bonds is 3. The molecule has 2 aromatic rings. The van der Waals surface area contributed by atoms with Crippen molar-refractivity contribution in [2.75, 3.05) is 5.32 Å². The number of carbonyl (C=O) groups is 1. The van der Waals surface area contributed by atoms with Crippen LogP contribution in [0.4, 0.5) is 5.69 Å². The first-order chi connectivity index (χ1) is 7.79. The van der Waals surface area contributed by atoms with Crippen LogP contribution < -0.4 is 11.1 Å². The number of benzene rings is 1. The van der Waals surface area contributed by atoms with Crippen LogP contribution in [0.5, 0.6) is 0 Å². The first kappa shape index (κ1) is 10.4. The van der Waals surface area contributed by atoms with Crippen molar-refractivity contribution in [3.05, 3.63) is 48.0 Å². The summed E-state index contributed by atoms with van der Waals surface area (Å²) in [6.07, 6.45) is 2.94. The van der Waals surface area contributed by atoms with Crippen molar-refractivity contribution in [3.8, 4) is 0 Å². The Morgan fingerprint density at radius 3 is 3.06 bits per heavy atom. The molecule has 0 unspecified atom stereocenters. The Kier molecular flexibility index (Phi) is 2.98. The topological polar surface area (TPSA) is 83.8 Å². The zero-order valence-electron chi connectivity index (χ0n) is 8.60. The summed E-state index contributed by atoms with van der Waals surface area (Å²) in [5.41, 5.74) is 7.64. The molecule has 2 rings (SSSR count). The summed E-state index contributed by atoms with van der Waals surface area (Å²) < 4.78 is 0. The van der Waals surface area contributed by atoms with Crippen LogP contribution in [0.2, 0.25) is 0 Å². The smallest absolute Gasteiger partial charge is 0.273 e. The molecule has 1 amide bonds. The molecular formula is C11H12N4O. The summed E-state index contributed by atoms with van der Waals surface area (Å²) in [7, 11) is 0. The maximum absolute atomic E-state index is 11.7. The van der Waals surface area contributed by atoms with Crippen molar-refractivity contribution in [3.63, 3.8) is 0 Å². The number of amides is 1. The number of imidazole rings is 1. The number of anilines is 1. The highest BCUT2D eigenvalue weighted by Gasteiger charge is 2.06. The number of nitrogens with zero attached hydrogens (tertiary/aromatic N) is 1. The Labute approximate surface area is 92.7 Å². The lowest BCUT2D eigenvalue weighted by atomic mass is 10.2. The van der Waals surface area contributed by atoms with Crippen molar-refractivity contribution in [1.82, 2.24) is 9.97 Å². The fourth-order valence-corrected chi connectivity index (χ4v) is 1.35. The van der Waals surface area contributed by atoms with Gasteiger partial charge in [-0.3, -0.25) is 4.79 Å². The van der Waals surface area contributed by atoms with Crippen LogP contribution in [0.15, 0.2) is 36.8 Å². The molecule has 0 atom stereocenters. The Morgan fingerprint density at radius 2 is 2.38 bits per heavy atom. The molecule has 0 aliphatic carbocycles. The zero-order valence-corrected chi connectivity index (χ0v) is 8.60. The molecule has 1 heterocycles. The lowest BCUT2D eigenvalue weighted by Crippen LogP contribution is -2.12. The maximum Gasteiger partial charge on any atom is 0.273 e. The Bertz CT molecular complexity index is 478. The minimum Gasteiger partial charge on any atom is -0.341 e. The largest absolute Gasteiger partial charge is 0.341 e. The van der Waals surface area contributed by atoms with Crippen LogP contribution >= 0.6 is 0 Å². The lowest BCUT2D eigenvalue weighted by Gasteiger charge is -2.04. The highest BCUT2D eigenvalue weighted by molar-refractivity contribution is 6.02. The van der Waals surface area contributed by atoms with Gasteiger partial charge in [-0.05, 0) is 17.7 Å². The fraction of sp³-hybridized carbons (Fsp3) is 0.0909. The fourth-order valence-electron chi connectivity index (χ4n) is 1.35. The molecule has 5 nitrogen and oxygen atoms in total. The van der Waals surface area contributed by atoms with E-state index in [0.717, 1.165) is 11.3 Å². The molecule has 0 fully saturated rings. The van der Waals surface area contributed by atoms with Crippen LogP contribution in [0.1, 0.15) is 16.1 Å². The van der Waals surface area contributed by atoms with Gasteiger partial charge in [0.05, 0.1) is 12.5 Å². The Balaban J connectivity index is 2.12. The second-order valence-corrected chi connectivity index (χ2v) is 3.32. The number of aromatic nitrogens is 2. The van der Waals surface area contributed by atoms with Crippen molar-refractivity contribution < 1.29 is 4.79 Å². The van der Waals surface area contributed by atoms with Gasteiger partial charge in [0.15, 0.2) is 0 Å². The number of hydrogen-bond acceptors (Lipinski definition) is 3. The van der Waals surface area contributed by atoms with Gasteiger partial charge >= 0.3 is 0 Å². The average molecular weight is 216 g/mol. The minimum absolute atomic E-state index is 0.216. The monoisotopic (exact) mass is 216 g/mol. The van der Waals surface area contributed by atoms with Crippen LogP contribution in [0.25, 0.3) is 0 Å². The highest BCUT2D eigenvalue weighted by atomic mass is 16.1. The van der Waals surface area contributed by atoms with E-state index in [1.54, 1.807) is 0 Å². The van der Waals surface area contributed by atoms with Crippen LogP contribution in [0, 0.1) is 0 Å². The predicted octanol–water partition coefficient (Wildman–Crippen LogP) is 1.12. The number of nitrogens with one attached hydrogen (secondary N) is 2. The predicted molar refractivity (Wildman–Crippen MR) is 60.9 cm³/mol. The first-order valence-corrected chi connectivity index (χ1v) is 4.88. The SMILES string of the molecule is NCc1cccc(NC(=O)c2cnc[nH]2)c1. The Morgan fingerprint density at radius 1 is 1.50 bits per heavy atom. The summed E-state index contributed by atoms with van der Waals surface area (Å²) in [5, 5.41) is 2.75. The number of nitrogens with two attached hydrogens (primary N) is 1. The third kappa shape index (κ3) is 2.26. The molecule has 0 saturated carbocycles. The second kappa shape index (κ2) is 4.59. The standard InChI is InChI=1S/C11H12N4O/c12-5-8-2-1-3-9(4-8)15-11(16)10-6-13-7-14-10/h1-4,6-7H,5,12H2,(H,13,14)(H,15,16). The summed E-state index contributed by atoms with van der Waals surface area (Å²) in [4.78, 5) is 18.2. The summed E-state index contributed by atoms with van der Waals surface area (Å²) in [6, 6.07) is 7.41. The molecule has 0 saturated heterocycles. The van der Waals surface area contributed by atoms with Gasteiger partial charge in [-0.25, -0.2) is 4.98 Å². The van der Waals surface area contributed by atoms with E-state index in [4.69, 9.17) is 5.73 Å². The molecule has 0 aliphatic rings. The van der Waals surface area contributed by atoms with Crippen LogP contribution in [0.3, 0.4) is 0 Å². The highest BCUT2D eigenvalue weighted by Crippen LogP contribution is 2.11. The van der Waals surface area contributed by atoms with Crippen molar-refractivity contribution in [2.24, 2.45) is 5.73 Å². The van der Waals surface area contributed by atoms with Gasteiger partial charge in [0, 0.05) is 12.2 Å². The molecule has 0 aliphatic heterocycles. The van der Waals surface area contributed by atoms with E-state index in [0.29, 0.717) is 12.2 Å². The quantitative estimate of drug-likeness (QED) is 0.718. The van der Waals surface area contributed by atoms with E-state index in [9.17, 15) is 4.79 Å². The second-order valence-electron chi connectivity index (χ2n) is 3.32. The van der Waals surface area contributed by atoms with Gasteiger partial charge in [0.2, 0.25) is 0 Å². The van der Waals surface area contributed by atoms with Gasteiger partial charge in [0.25, 0.3) is 5.91 Å². The maximum atomic E-state index is 11.7. The van der Waals surface area contributed by atoms with Crippen molar-refractivity contribution >= 4 is 11.6 Å². The number of hydrogen-bond donors (Lipinski definition) is 3. The zero-order chi connectivity index (χ0) is 11.4. The Hall–Kier alpha value is -2.14. The third-order valence-electron chi connectivity index (χ3n) is 2.16. The molecule has 0 spiro atoms. The van der Waals surface area contributed by atoms with E-state index in [1.807, 2.05) is 24.3 Å². The van der Waals surface area contributed by atoms with E-state index >= 15 is 0 Å². The van der Waals surface area contributed by atoms with Crippen molar-refractivity contribution in [1.29, 1.82) is 0 Å². The number of H-pyrrole nitrogens is 1. The van der Waals surface area contributed by atoms with Crippen LogP contribution in [-0.2, 0) is 6.54 Å². The first-order valence-electron chi connectivity index (χ1n) is 4.88. The normalized spacial score (nSPS) is 10.1. The lowest BCUT2D eigenvalue weighted by molar-refractivity contribution is 0.102. The summed E-state index contributed by atoms with van der Waals surface area (Å²) in [6.45, 7) is 0.452. The van der Waals surface area contributed by atoms with Crippen LogP contribution in [-0.4, -0.2) is 15.9 Å². The molecule has 0 radical (unpaired) electrons. The van der Waals surface area contributed by atoms with E-state index < -0.39 is 0 Å². The number of carbonyl (C=O) groups excluding carboxylic acids is 1. The van der Waals surface area contributed by atoms with Gasteiger partial charge in [-0.1, -0.05) is 12.1 Å². The van der Waals surface area contributed by atoms with E-state index in [1.165, 1.54) is 12.5 Å². The van der Waals surface area contributed by atoms with Gasteiger partial charge < -0.3 is 16.0 Å². The summed E-state index contributed by atoms with van der Waals surface area (Å²) >= 11 is 0. The van der Waals surface area contributed by atoms with E-state index in [-0.39, 0.29) is 5.91 Å². The van der Waals surface area contributed by atoms with E-state index in [2.05, 4.69) is 15.3 Å². The minimum atomic E-state index is -0.216. The number of aromatic amines is 1.